The summed E-state index contributed by atoms with van der Waals surface area (Å²) < 4.78 is 11.2. The number of nitrogens with one attached hydrogen (secondary N) is 1. The molecule has 1 N–H and O–H groups in total. The molecule has 0 bridgehead atoms. The highest BCUT2D eigenvalue weighted by atomic mass is 16.6. The van der Waals surface area contributed by atoms with Gasteiger partial charge in [-0.05, 0) is 18.6 Å². The van der Waals surface area contributed by atoms with Gasteiger partial charge in [-0.1, -0.05) is 6.92 Å². The molecule has 98 valence electrons. The van der Waals surface area contributed by atoms with E-state index in [4.69, 9.17) is 9.47 Å². The number of anilines is 1. The van der Waals surface area contributed by atoms with Gasteiger partial charge in [0.25, 0.3) is 0 Å². The summed E-state index contributed by atoms with van der Waals surface area (Å²) in [6.07, 6.45) is 1.15. The van der Waals surface area contributed by atoms with Crippen LogP contribution in [0, 0.1) is 0 Å². The van der Waals surface area contributed by atoms with E-state index in [9.17, 15) is 0 Å². The maximum Gasteiger partial charge on any atom is 0.163 e. The van der Waals surface area contributed by atoms with Gasteiger partial charge in [0.2, 0.25) is 0 Å². The number of piperazine rings is 1. The molecule has 1 atom stereocenters. The van der Waals surface area contributed by atoms with E-state index >= 15 is 0 Å². The van der Waals surface area contributed by atoms with Crippen molar-refractivity contribution in [2.45, 2.75) is 19.4 Å². The number of hydrogen-bond acceptors (Lipinski definition) is 4. The summed E-state index contributed by atoms with van der Waals surface area (Å²) in [6, 6.07) is 6.85. The Hall–Kier alpha value is -1.42. The van der Waals surface area contributed by atoms with E-state index in [0.29, 0.717) is 19.3 Å². The third-order valence-electron chi connectivity index (χ3n) is 3.68. The van der Waals surface area contributed by atoms with Gasteiger partial charge in [0.15, 0.2) is 11.5 Å². The van der Waals surface area contributed by atoms with Crippen molar-refractivity contribution in [1.29, 1.82) is 0 Å². The van der Waals surface area contributed by atoms with Crippen molar-refractivity contribution < 1.29 is 9.47 Å². The van der Waals surface area contributed by atoms with Gasteiger partial charge in [-0.25, -0.2) is 0 Å². The maximum atomic E-state index is 5.66. The molecule has 2 aliphatic rings. The first-order chi connectivity index (χ1) is 8.88. The Balaban J connectivity index is 1.86. The van der Waals surface area contributed by atoms with E-state index in [-0.39, 0.29) is 0 Å². The van der Waals surface area contributed by atoms with Crippen LogP contribution in [0.5, 0.6) is 11.5 Å². The highest BCUT2D eigenvalue weighted by molar-refractivity contribution is 5.57. The molecule has 2 aliphatic heterocycles. The molecule has 3 rings (SSSR count). The van der Waals surface area contributed by atoms with Crippen LogP contribution in [0.4, 0.5) is 5.69 Å². The molecular weight excluding hydrogens is 228 g/mol. The van der Waals surface area contributed by atoms with Crippen LogP contribution in [-0.2, 0) is 0 Å². The van der Waals surface area contributed by atoms with Crippen molar-refractivity contribution in [2.24, 2.45) is 0 Å². The van der Waals surface area contributed by atoms with E-state index in [1.165, 1.54) is 5.69 Å². The van der Waals surface area contributed by atoms with Crippen LogP contribution in [0.15, 0.2) is 18.2 Å². The van der Waals surface area contributed by atoms with E-state index in [1.807, 2.05) is 6.07 Å². The van der Waals surface area contributed by atoms with E-state index in [1.54, 1.807) is 0 Å². The molecule has 0 radical (unpaired) electrons. The summed E-state index contributed by atoms with van der Waals surface area (Å²) in [5, 5.41) is 3.45. The monoisotopic (exact) mass is 248 g/mol. The Morgan fingerprint density at radius 1 is 1.28 bits per heavy atom. The molecule has 4 heteroatoms. The molecule has 0 amide bonds. The molecule has 2 heterocycles. The molecule has 1 aromatic carbocycles. The molecule has 1 fully saturated rings. The largest absolute Gasteiger partial charge is 0.486 e. The van der Waals surface area contributed by atoms with Crippen LogP contribution in [0.25, 0.3) is 0 Å². The predicted molar refractivity (Wildman–Crippen MR) is 71.7 cm³/mol. The second-order valence-corrected chi connectivity index (χ2v) is 4.79. The smallest absolute Gasteiger partial charge is 0.163 e. The fraction of sp³-hybridized carbons (Fsp3) is 0.571. The van der Waals surface area contributed by atoms with E-state index in [2.05, 4.69) is 29.3 Å². The number of nitrogens with zero attached hydrogens (tertiary/aromatic N) is 1. The molecule has 0 saturated carbocycles. The first-order valence-corrected chi connectivity index (χ1v) is 6.75. The van der Waals surface area contributed by atoms with Crippen molar-refractivity contribution >= 4 is 5.69 Å². The van der Waals surface area contributed by atoms with Crippen LogP contribution < -0.4 is 19.7 Å². The lowest BCUT2D eigenvalue weighted by Crippen LogP contribution is -2.51. The lowest BCUT2D eigenvalue weighted by atomic mass is 10.1. The lowest BCUT2D eigenvalue weighted by molar-refractivity contribution is 0.171. The van der Waals surface area contributed by atoms with Gasteiger partial charge in [0.05, 0.1) is 0 Å². The highest BCUT2D eigenvalue weighted by Crippen LogP contribution is 2.34. The topological polar surface area (TPSA) is 33.7 Å². The minimum Gasteiger partial charge on any atom is -0.486 e. The Morgan fingerprint density at radius 2 is 2.11 bits per heavy atom. The van der Waals surface area contributed by atoms with Gasteiger partial charge >= 0.3 is 0 Å². The van der Waals surface area contributed by atoms with Gasteiger partial charge in [0, 0.05) is 37.4 Å². The third kappa shape index (κ3) is 2.12. The average Bonchev–Trinajstić information content (AvgIpc) is 2.46. The SMILES string of the molecule is CCC1CNCCN1c1ccc2c(c1)OCCO2. The highest BCUT2D eigenvalue weighted by Gasteiger charge is 2.22. The standard InChI is InChI=1S/C14H20N2O2/c1-2-11-10-15-5-6-16(11)12-3-4-13-14(9-12)18-8-7-17-13/h3-4,9,11,15H,2,5-8,10H2,1H3. The zero-order valence-corrected chi connectivity index (χ0v) is 10.8. The average molecular weight is 248 g/mol. The number of hydrogen-bond donors (Lipinski definition) is 1. The number of rotatable bonds is 2. The summed E-state index contributed by atoms with van der Waals surface area (Å²) in [5.74, 6) is 1.75. The third-order valence-corrected chi connectivity index (χ3v) is 3.68. The van der Waals surface area contributed by atoms with Gasteiger partial charge in [0.1, 0.15) is 13.2 Å². The van der Waals surface area contributed by atoms with Crippen molar-refractivity contribution in [3.63, 3.8) is 0 Å². The van der Waals surface area contributed by atoms with Gasteiger partial charge in [-0.2, -0.15) is 0 Å². The van der Waals surface area contributed by atoms with Crippen molar-refractivity contribution in [1.82, 2.24) is 5.32 Å². The van der Waals surface area contributed by atoms with Crippen molar-refractivity contribution in [2.75, 3.05) is 37.7 Å². The summed E-state index contributed by atoms with van der Waals surface area (Å²) in [4.78, 5) is 2.47. The Bertz CT molecular complexity index is 422. The molecule has 0 aromatic heterocycles. The van der Waals surface area contributed by atoms with Crippen LogP contribution in [0.3, 0.4) is 0 Å². The summed E-state index contributed by atoms with van der Waals surface area (Å²) in [5.41, 5.74) is 1.24. The van der Waals surface area contributed by atoms with E-state index in [0.717, 1.165) is 37.6 Å². The first kappa shape index (κ1) is 11.7. The van der Waals surface area contributed by atoms with Gasteiger partial charge in [-0.15, -0.1) is 0 Å². The summed E-state index contributed by atoms with van der Waals surface area (Å²) in [6.45, 7) is 6.70. The molecule has 0 spiro atoms. The number of benzene rings is 1. The predicted octanol–water partition coefficient (Wildman–Crippen LogP) is 1.65. The number of ether oxygens (including phenoxy) is 2. The van der Waals surface area contributed by atoms with Crippen LogP contribution in [0.2, 0.25) is 0 Å². The summed E-state index contributed by atoms with van der Waals surface area (Å²) in [7, 11) is 0. The number of fused-ring (bicyclic) bond motifs is 1. The quantitative estimate of drug-likeness (QED) is 0.863. The van der Waals surface area contributed by atoms with E-state index < -0.39 is 0 Å². The lowest BCUT2D eigenvalue weighted by Gasteiger charge is -2.38. The molecule has 1 saturated heterocycles. The molecule has 18 heavy (non-hydrogen) atoms. The Labute approximate surface area is 108 Å². The molecule has 4 nitrogen and oxygen atoms in total. The molecule has 1 aromatic rings. The van der Waals surface area contributed by atoms with Gasteiger partial charge < -0.3 is 19.7 Å². The maximum absolute atomic E-state index is 5.66. The molecular formula is C14H20N2O2. The minimum absolute atomic E-state index is 0.571. The fourth-order valence-electron chi connectivity index (χ4n) is 2.68. The molecule has 0 aliphatic carbocycles. The zero-order valence-electron chi connectivity index (χ0n) is 10.8. The first-order valence-electron chi connectivity index (χ1n) is 6.75. The van der Waals surface area contributed by atoms with Crippen LogP contribution in [-0.4, -0.2) is 38.9 Å². The Kier molecular flexibility index (Phi) is 3.28. The fourth-order valence-corrected chi connectivity index (χ4v) is 2.68. The summed E-state index contributed by atoms with van der Waals surface area (Å²) >= 11 is 0. The molecule has 1 unspecified atom stereocenters. The Morgan fingerprint density at radius 3 is 2.94 bits per heavy atom. The second kappa shape index (κ2) is 5.06. The normalized spacial score (nSPS) is 22.9. The van der Waals surface area contributed by atoms with Crippen molar-refractivity contribution in [3.05, 3.63) is 18.2 Å². The van der Waals surface area contributed by atoms with Gasteiger partial charge in [-0.3, -0.25) is 0 Å². The van der Waals surface area contributed by atoms with Crippen LogP contribution in [0.1, 0.15) is 13.3 Å². The zero-order chi connectivity index (χ0) is 12.4. The van der Waals surface area contributed by atoms with Crippen LogP contribution >= 0.6 is 0 Å². The van der Waals surface area contributed by atoms with Crippen molar-refractivity contribution in [3.8, 4) is 11.5 Å². The minimum atomic E-state index is 0.571. The second-order valence-electron chi connectivity index (χ2n) is 4.79.